The first-order valence-corrected chi connectivity index (χ1v) is 8.78. The van der Waals surface area contributed by atoms with Crippen molar-refractivity contribution in [2.45, 2.75) is 58.4 Å². The van der Waals surface area contributed by atoms with E-state index in [2.05, 4.69) is 4.84 Å². The van der Waals surface area contributed by atoms with Crippen LogP contribution in [0.5, 0.6) is 0 Å². The summed E-state index contributed by atoms with van der Waals surface area (Å²) in [5, 5.41) is 0.547. The number of hydrogen-bond acceptors (Lipinski definition) is 8. The number of primary amides is 1. The summed E-state index contributed by atoms with van der Waals surface area (Å²) in [6.07, 6.45) is 3.89. The Morgan fingerprint density at radius 3 is 2.04 bits per heavy atom. The molecule has 1 aliphatic heterocycles. The van der Waals surface area contributed by atoms with Crippen LogP contribution in [0, 0.1) is 0 Å². The van der Waals surface area contributed by atoms with Crippen molar-refractivity contribution in [3.63, 3.8) is 0 Å². The minimum Gasteiger partial charge on any atom is -0.368 e. The van der Waals surface area contributed by atoms with E-state index < -0.39 is 17.8 Å². The van der Waals surface area contributed by atoms with Gasteiger partial charge in [-0.25, -0.2) is 4.79 Å². The number of hydroxylamine groups is 2. The van der Waals surface area contributed by atoms with Crippen LogP contribution in [0.2, 0.25) is 0 Å². The fourth-order valence-electron chi connectivity index (χ4n) is 1.96. The van der Waals surface area contributed by atoms with E-state index in [0.29, 0.717) is 11.6 Å². The molecule has 0 saturated carbocycles. The minimum absolute atomic E-state index is 0.135. The molecule has 0 aromatic rings. The number of unbranched alkanes of at least 4 members (excludes halogenated alkanes) is 1. The summed E-state index contributed by atoms with van der Waals surface area (Å²) in [6, 6.07) is -0.142. The summed E-state index contributed by atoms with van der Waals surface area (Å²) < 4.78 is 0. The van der Waals surface area contributed by atoms with Gasteiger partial charge < -0.3 is 21.1 Å². The van der Waals surface area contributed by atoms with Crippen molar-refractivity contribution in [1.29, 1.82) is 0 Å². The zero-order valence-corrected chi connectivity index (χ0v) is 16.6. The molecule has 10 nitrogen and oxygen atoms in total. The first kappa shape index (κ1) is 26.9. The van der Waals surface area contributed by atoms with Gasteiger partial charge in [0.2, 0.25) is 5.91 Å². The average Bonchev–Trinajstić information content (AvgIpc) is 2.91. The van der Waals surface area contributed by atoms with Crippen molar-refractivity contribution in [3.05, 3.63) is 0 Å². The van der Waals surface area contributed by atoms with E-state index in [4.69, 9.17) is 16.3 Å². The van der Waals surface area contributed by atoms with Gasteiger partial charge >= 0.3 is 5.97 Å². The van der Waals surface area contributed by atoms with Gasteiger partial charge in [-0.15, -0.1) is 5.06 Å². The smallest absolute Gasteiger partial charge is 0.332 e. The molecule has 1 rings (SSSR count). The Hall–Kier alpha value is -2.33. The van der Waals surface area contributed by atoms with E-state index in [-0.39, 0.29) is 31.2 Å². The second-order valence-electron chi connectivity index (χ2n) is 5.80. The number of imide groups is 1. The number of hydrogen-bond donors (Lipinski definition) is 2. The fourth-order valence-corrected chi connectivity index (χ4v) is 1.96. The van der Waals surface area contributed by atoms with Crippen LogP contribution in [0.15, 0.2) is 0 Å². The van der Waals surface area contributed by atoms with Crippen LogP contribution < -0.4 is 11.5 Å². The molecule has 156 valence electrons. The topological polar surface area (TPSA) is 153 Å². The van der Waals surface area contributed by atoms with Crippen LogP contribution in [0.1, 0.15) is 52.4 Å². The van der Waals surface area contributed by atoms with Gasteiger partial charge in [0.05, 0.1) is 6.04 Å². The molecule has 0 aromatic heterocycles. The zero-order valence-electron chi connectivity index (χ0n) is 16.6. The minimum atomic E-state index is -0.571. The Bertz CT molecular complexity index is 480. The molecule has 0 bridgehead atoms. The lowest BCUT2D eigenvalue weighted by Crippen LogP contribution is -2.40. The summed E-state index contributed by atoms with van der Waals surface area (Å²) in [5.74, 6) is -1.71. The van der Waals surface area contributed by atoms with Crippen molar-refractivity contribution < 1.29 is 28.8 Å². The SMILES string of the molecule is CN(C)C(CCCC[15NH2])C(N)=O.[13CH3]CC(=O)ON1C(=O)CCC1=O.[13CH3][13CH]=O. The summed E-state index contributed by atoms with van der Waals surface area (Å²) in [4.78, 5) is 58.4. The molecule has 4 N–H and O–H groups in total. The Morgan fingerprint density at radius 2 is 1.70 bits per heavy atom. The molecule has 27 heavy (non-hydrogen) atoms. The van der Waals surface area contributed by atoms with Crippen LogP contribution in [0.3, 0.4) is 0 Å². The zero-order chi connectivity index (χ0) is 21.4. The van der Waals surface area contributed by atoms with Gasteiger partial charge in [0.1, 0.15) is 6.29 Å². The van der Waals surface area contributed by atoms with Gasteiger partial charge in [0.25, 0.3) is 11.8 Å². The summed E-state index contributed by atoms with van der Waals surface area (Å²) in [6.45, 7) is 3.71. The van der Waals surface area contributed by atoms with Crippen LogP contribution in [0.25, 0.3) is 0 Å². The van der Waals surface area contributed by atoms with E-state index in [1.165, 1.54) is 6.92 Å². The Morgan fingerprint density at radius 1 is 1.22 bits per heavy atom. The summed E-state index contributed by atoms with van der Waals surface area (Å²) >= 11 is 0. The first-order valence-electron chi connectivity index (χ1n) is 8.78. The Labute approximate surface area is 160 Å². The highest BCUT2D eigenvalue weighted by Gasteiger charge is 2.32. The standard InChI is InChI=1S/C8H19N3O.C7H9NO4.C2H4O/c1-11(2)7(8(10)12)5-3-4-6-9;1-2-7(11)12-8-5(9)3-4-6(8)10;1-2-3/h7H,3-6,9H2,1-2H3,(H2,10,12);2-4H2,1H3;2H,1H3/i9+1;1+1;1+1,2+1. The molecular formula is C17H32N4O6. The molecule has 0 radical (unpaired) electrons. The third-order valence-electron chi connectivity index (χ3n) is 3.37. The molecule has 1 saturated heterocycles. The van der Waals surface area contributed by atoms with Crippen LogP contribution in [-0.4, -0.2) is 66.6 Å². The quantitative estimate of drug-likeness (QED) is 0.188. The highest BCUT2D eigenvalue weighted by molar-refractivity contribution is 6.01. The van der Waals surface area contributed by atoms with E-state index in [1.807, 2.05) is 19.0 Å². The third-order valence-corrected chi connectivity index (χ3v) is 3.37. The highest BCUT2D eigenvalue weighted by Crippen LogP contribution is 2.12. The van der Waals surface area contributed by atoms with Crippen molar-refractivity contribution in [2.24, 2.45) is 11.5 Å². The highest BCUT2D eigenvalue weighted by atomic mass is 16.7. The third kappa shape index (κ3) is 12.6. The monoisotopic (exact) mass is 392 g/mol. The van der Waals surface area contributed by atoms with Crippen molar-refractivity contribution >= 4 is 30.0 Å². The first-order chi connectivity index (χ1) is 12.7. The maximum atomic E-state index is 10.9. The number of carbonyl (C=O) groups is 5. The van der Waals surface area contributed by atoms with Crippen LogP contribution in [0.4, 0.5) is 0 Å². The van der Waals surface area contributed by atoms with Gasteiger partial charge in [-0.3, -0.25) is 19.3 Å². The maximum Gasteiger partial charge on any atom is 0.332 e. The molecule has 0 aliphatic carbocycles. The lowest BCUT2D eigenvalue weighted by atomic mass is 10.1. The molecule has 1 fully saturated rings. The van der Waals surface area contributed by atoms with Crippen LogP contribution >= 0.6 is 0 Å². The number of carbonyl (C=O) groups excluding carboxylic acids is 5. The number of nitrogens with zero attached hydrogens (tertiary/aromatic N) is 2. The second-order valence-corrected chi connectivity index (χ2v) is 5.80. The van der Waals surface area contributed by atoms with Crippen molar-refractivity contribution in [1.82, 2.24) is 9.96 Å². The predicted molar refractivity (Wildman–Crippen MR) is 98.8 cm³/mol. The molecule has 0 aromatic carbocycles. The molecule has 0 spiro atoms. The largest absolute Gasteiger partial charge is 0.368 e. The van der Waals surface area contributed by atoms with E-state index in [9.17, 15) is 19.2 Å². The van der Waals surface area contributed by atoms with Gasteiger partial charge in [-0.2, -0.15) is 0 Å². The second kappa shape index (κ2) is 15.9. The van der Waals surface area contributed by atoms with Crippen LogP contribution in [-0.2, 0) is 28.8 Å². The number of likely N-dealkylation sites (N-methyl/N-ethyl adjacent to an activating group) is 1. The lowest BCUT2D eigenvalue weighted by Gasteiger charge is -2.20. The van der Waals surface area contributed by atoms with E-state index in [1.54, 1.807) is 6.92 Å². The van der Waals surface area contributed by atoms with Crippen molar-refractivity contribution in [2.75, 3.05) is 20.6 Å². The number of rotatable bonds is 8. The molecule has 1 atom stereocenters. The Balaban J connectivity index is 0. The lowest BCUT2D eigenvalue weighted by molar-refractivity contribution is -0.197. The summed E-state index contributed by atoms with van der Waals surface area (Å²) in [5.41, 5.74) is 10.5. The average molecular weight is 392 g/mol. The Kier molecular flexibility index (Phi) is 15.8. The van der Waals surface area contributed by atoms with E-state index >= 15 is 0 Å². The molecule has 1 heterocycles. The van der Waals surface area contributed by atoms with Gasteiger partial charge in [-0.05, 0) is 40.4 Å². The molecule has 3 amide bonds. The molecular weight excluding hydrogens is 360 g/mol. The fraction of sp³-hybridized carbons (Fsp3) is 0.706. The molecule has 1 unspecified atom stereocenters. The normalized spacial score (nSPS) is 13.9. The van der Waals surface area contributed by atoms with E-state index in [0.717, 1.165) is 25.5 Å². The number of nitrogens with two attached hydrogens (primary N) is 2. The molecule has 10 heteroatoms. The van der Waals surface area contributed by atoms with Gasteiger partial charge in [-0.1, -0.05) is 13.3 Å². The molecule has 1 aliphatic rings. The number of aldehydes is 1. The maximum absolute atomic E-state index is 10.9. The number of amides is 3. The van der Waals surface area contributed by atoms with Gasteiger partial charge in [0, 0.05) is 19.3 Å². The van der Waals surface area contributed by atoms with Gasteiger partial charge in [0.15, 0.2) is 0 Å². The van der Waals surface area contributed by atoms with Crippen molar-refractivity contribution in [3.8, 4) is 0 Å². The predicted octanol–water partition coefficient (Wildman–Crippen LogP) is -0.260. The summed E-state index contributed by atoms with van der Waals surface area (Å²) in [7, 11) is 3.72.